The fourth-order valence-electron chi connectivity index (χ4n) is 2.75. The van der Waals surface area contributed by atoms with E-state index in [9.17, 15) is 0 Å². The Balaban J connectivity index is 2.16. The minimum absolute atomic E-state index is 0.629. The smallest absolute Gasteiger partial charge is 0.162 e. The normalized spacial score (nSPS) is 10.7. The van der Waals surface area contributed by atoms with Crippen molar-refractivity contribution in [2.75, 3.05) is 27.1 Å². The van der Waals surface area contributed by atoms with Crippen LogP contribution in [0.2, 0.25) is 0 Å². The molecule has 1 aromatic heterocycles. The predicted molar refractivity (Wildman–Crippen MR) is 96.0 cm³/mol. The van der Waals surface area contributed by atoms with E-state index < -0.39 is 0 Å². The summed E-state index contributed by atoms with van der Waals surface area (Å²) >= 11 is 0. The molecule has 0 radical (unpaired) electrons. The van der Waals surface area contributed by atoms with Crippen molar-refractivity contribution in [1.82, 2.24) is 4.98 Å². The fraction of sp³-hybridized carbons (Fsp3) is 0.211. The van der Waals surface area contributed by atoms with Gasteiger partial charge in [-0.2, -0.15) is 0 Å². The van der Waals surface area contributed by atoms with E-state index in [1.807, 2.05) is 43.3 Å². The molecule has 24 heavy (non-hydrogen) atoms. The van der Waals surface area contributed by atoms with E-state index in [2.05, 4.69) is 0 Å². The zero-order chi connectivity index (χ0) is 17.3. The van der Waals surface area contributed by atoms with Gasteiger partial charge in [-0.05, 0) is 30.7 Å². The Bertz CT molecular complexity index is 907. The van der Waals surface area contributed by atoms with Crippen molar-refractivity contribution in [2.24, 2.45) is 0 Å². The SMILES string of the molecule is COc1cc(N)c(-c2ccc3cc(OC)c(OC)cc3n2)cc1C. The largest absolute Gasteiger partial charge is 0.496 e. The van der Waals surface area contributed by atoms with Gasteiger partial charge in [0, 0.05) is 28.8 Å². The van der Waals surface area contributed by atoms with Crippen molar-refractivity contribution < 1.29 is 14.2 Å². The summed E-state index contributed by atoms with van der Waals surface area (Å²) in [4.78, 5) is 4.73. The number of pyridine rings is 1. The van der Waals surface area contributed by atoms with Crippen LogP contribution < -0.4 is 19.9 Å². The quantitative estimate of drug-likeness (QED) is 0.739. The van der Waals surface area contributed by atoms with Crippen LogP contribution in [0.1, 0.15) is 5.56 Å². The van der Waals surface area contributed by atoms with Gasteiger partial charge in [-0.3, -0.25) is 0 Å². The number of anilines is 1. The van der Waals surface area contributed by atoms with E-state index in [0.717, 1.165) is 33.5 Å². The number of aromatic nitrogens is 1. The number of ether oxygens (including phenoxy) is 3. The molecule has 0 unspecified atom stereocenters. The zero-order valence-electron chi connectivity index (χ0n) is 14.2. The Labute approximate surface area is 141 Å². The zero-order valence-corrected chi connectivity index (χ0v) is 14.2. The van der Waals surface area contributed by atoms with E-state index in [4.69, 9.17) is 24.9 Å². The number of hydrogen-bond donors (Lipinski definition) is 1. The molecule has 0 atom stereocenters. The average molecular weight is 324 g/mol. The first-order valence-corrected chi connectivity index (χ1v) is 7.54. The number of nitrogens with two attached hydrogens (primary N) is 1. The molecule has 0 aliphatic carbocycles. The molecule has 0 spiro atoms. The second-order valence-electron chi connectivity index (χ2n) is 5.51. The highest BCUT2D eigenvalue weighted by Crippen LogP contribution is 2.35. The number of rotatable bonds is 4. The number of methoxy groups -OCH3 is 3. The first-order valence-electron chi connectivity index (χ1n) is 7.54. The first kappa shape index (κ1) is 15.9. The molecular weight excluding hydrogens is 304 g/mol. The maximum absolute atomic E-state index is 6.18. The van der Waals surface area contributed by atoms with Gasteiger partial charge < -0.3 is 19.9 Å². The molecular formula is C19H20N2O3. The third-order valence-electron chi connectivity index (χ3n) is 4.04. The number of nitrogen functional groups attached to an aromatic ring is 1. The standard InChI is InChI=1S/C19H20N2O3/c1-11-7-13(14(20)9-17(11)22-2)15-6-5-12-8-18(23-3)19(24-4)10-16(12)21-15/h5-10H,20H2,1-4H3. The molecule has 0 bridgehead atoms. The van der Waals surface area contributed by atoms with E-state index in [0.29, 0.717) is 17.2 Å². The van der Waals surface area contributed by atoms with Crippen LogP contribution in [0.3, 0.4) is 0 Å². The van der Waals surface area contributed by atoms with Gasteiger partial charge in [0.15, 0.2) is 11.5 Å². The maximum Gasteiger partial charge on any atom is 0.162 e. The summed E-state index contributed by atoms with van der Waals surface area (Å²) in [6, 6.07) is 11.5. The second-order valence-corrected chi connectivity index (χ2v) is 5.51. The Hall–Kier alpha value is -2.95. The molecule has 0 saturated heterocycles. The lowest BCUT2D eigenvalue weighted by Gasteiger charge is -2.12. The number of hydrogen-bond acceptors (Lipinski definition) is 5. The van der Waals surface area contributed by atoms with Gasteiger partial charge in [0.05, 0.1) is 32.5 Å². The second kappa shape index (κ2) is 6.28. The molecule has 3 aromatic rings. The maximum atomic E-state index is 6.18. The lowest BCUT2D eigenvalue weighted by Crippen LogP contribution is -1.97. The van der Waals surface area contributed by atoms with Crippen LogP contribution in [0, 0.1) is 6.92 Å². The Morgan fingerprint density at radius 1 is 0.833 bits per heavy atom. The Kier molecular flexibility index (Phi) is 4.16. The van der Waals surface area contributed by atoms with Crippen LogP contribution >= 0.6 is 0 Å². The lowest BCUT2D eigenvalue weighted by atomic mass is 10.0. The molecule has 5 nitrogen and oxygen atoms in total. The number of aryl methyl sites for hydroxylation is 1. The van der Waals surface area contributed by atoms with Gasteiger partial charge in [-0.25, -0.2) is 4.98 Å². The van der Waals surface area contributed by atoms with Crippen molar-refractivity contribution in [1.29, 1.82) is 0 Å². The molecule has 2 N–H and O–H groups in total. The Morgan fingerprint density at radius 2 is 1.50 bits per heavy atom. The topological polar surface area (TPSA) is 66.6 Å². The van der Waals surface area contributed by atoms with Crippen LogP contribution in [0.15, 0.2) is 36.4 Å². The summed E-state index contributed by atoms with van der Waals surface area (Å²) in [7, 11) is 4.86. The third kappa shape index (κ3) is 2.69. The first-order chi connectivity index (χ1) is 11.6. The summed E-state index contributed by atoms with van der Waals surface area (Å²) in [6.45, 7) is 1.98. The van der Waals surface area contributed by atoms with Gasteiger partial charge in [-0.15, -0.1) is 0 Å². The van der Waals surface area contributed by atoms with Gasteiger partial charge >= 0.3 is 0 Å². The van der Waals surface area contributed by atoms with Gasteiger partial charge in [0.25, 0.3) is 0 Å². The van der Waals surface area contributed by atoms with E-state index >= 15 is 0 Å². The van der Waals surface area contributed by atoms with Gasteiger partial charge in [0.1, 0.15) is 5.75 Å². The van der Waals surface area contributed by atoms with E-state index in [1.54, 1.807) is 21.3 Å². The summed E-state index contributed by atoms with van der Waals surface area (Å²) in [5.74, 6) is 2.09. The average Bonchev–Trinajstić information content (AvgIpc) is 2.61. The van der Waals surface area contributed by atoms with E-state index in [1.165, 1.54) is 0 Å². The van der Waals surface area contributed by atoms with Crippen LogP contribution in [-0.2, 0) is 0 Å². The van der Waals surface area contributed by atoms with Crippen molar-refractivity contribution in [3.8, 4) is 28.5 Å². The molecule has 5 heteroatoms. The van der Waals surface area contributed by atoms with Crippen LogP contribution in [-0.4, -0.2) is 26.3 Å². The molecule has 0 aliphatic rings. The highest BCUT2D eigenvalue weighted by molar-refractivity contribution is 5.87. The number of fused-ring (bicyclic) bond motifs is 1. The minimum Gasteiger partial charge on any atom is -0.496 e. The molecule has 2 aromatic carbocycles. The van der Waals surface area contributed by atoms with Crippen LogP contribution in [0.4, 0.5) is 5.69 Å². The highest BCUT2D eigenvalue weighted by atomic mass is 16.5. The van der Waals surface area contributed by atoms with Crippen molar-refractivity contribution in [3.05, 3.63) is 42.0 Å². The third-order valence-corrected chi connectivity index (χ3v) is 4.04. The molecule has 124 valence electrons. The summed E-state index contributed by atoms with van der Waals surface area (Å²) in [6.07, 6.45) is 0. The highest BCUT2D eigenvalue weighted by Gasteiger charge is 2.11. The number of benzene rings is 2. The van der Waals surface area contributed by atoms with Crippen molar-refractivity contribution in [3.63, 3.8) is 0 Å². The number of nitrogens with zero attached hydrogens (tertiary/aromatic N) is 1. The van der Waals surface area contributed by atoms with Crippen LogP contribution in [0.25, 0.3) is 22.2 Å². The molecule has 0 fully saturated rings. The predicted octanol–water partition coefficient (Wildman–Crippen LogP) is 3.82. The van der Waals surface area contributed by atoms with E-state index in [-0.39, 0.29) is 0 Å². The minimum atomic E-state index is 0.629. The Morgan fingerprint density at radius 3 is 2.17 bits per heavy atom. The van der Waals surface area contributed by atoms with Gasteiger partial charge in [0.2, 0.25) is 0 Å². The molecule has 1 heterocycles. The van der Waals surface area contributed by atoms with Crippen molar-refractivity contribution in [2.45, 2.75) is 6.92 Å². The van der Waals surface area contributed by atoms with Crippen molar-refractivity contribution >= 4 is 16.6 Å². The molecule has 0 amide bonds. The summed E-state index contributed by atoms with van der Waals surface area (Å²) in [5, 5.41) is 0.972. The van der Waals surface area contributed by atoms with Gasteiger partial charge in [-0.1, -0.05) is 6.07 Å². The summed E-state index contributed by atoms with van der Waals surface area (Å²) in [5.41, 5.74) is 10.3. The molecule has 0 aliphatic heterocycles. The lowest BCUT2D eigenvalue weighted by molar-refractivity contribution is 0.356. The summed E-state index contributed by atoms with van der Waals surface area (Å²) < 4.78 is 16.0. The van der Waals surface area contributed by atoms with Crippen LogP contribution in [0.5, 0.6) is 17.2 Å². The molecule has 3 rings (SSSR count). The monoisotopic (exact) mass is 324 g/mol. The molecule has 0 saturated carbocycles. The fourth-order valence-corrected chi connectivity index (χ4v) is 2.75.